The number of carbonyl (C=O) groups is 3. The summed E-state index contributed by atoms with van der Waals surface area (Å²) in [4.78, 5) is 37.0. The van der Waals surface area contributed by atoms with Gasteiger partial charge in [-0.15, -0.1) is 0 Å². The maximum Gasteiger partial charge on any atom is 0.224 e. The van der Waals surface area contributed by atoms with Crippen molar-refractivity contribution >= 4 is 28.2 Å². The number of fused-ring (bicyclic) bond motifs is 1. The maximum atomic E-state index is 12.4. The summed E-state index contributed by atoms with van der Waals surface area (Å²) in [7, 11) is 0. The molecule has 27 heavy (non-hydrogen) atoms. The molecule has 2 aromatic rings. The van der Waals surface area contributed by atoms with Crippen molar-refractivity contribution < 1.29 is 14.4 Å². The van der Waals surface area contributed by atoms with Crippen LogP contribution in [0.15, 0.2) is 64.8 Å². The molecule has 1 N–H and O–H groups in total. The van der Waals surface area contributed by atoms with E-state index in [0.717, 1.165) is 16.3 Å². The van der Waals surface area contributed by atoms with Crippen molar-refractivity contribution in [3.8, 4) is 0 Å². The lowest BCUT2D eigenvalue weighted by atomic mass is 9.84. The highest BCUT2D eigenvalue weighted by atomic mass is 16.2. The van der Waals surface area contributed by atoms with Gasteiger partial charge in [-0.1, -0.05) is 42.5 Å². The first kappa shape index (κ1) is 18.8. The smallest absolute Gasteiger partial charge is 0.224 e. The number of benzene rings is 2. The molecule has 1 aliphatic rings. The van der Waals surface area contributed by atoms with Gasteiger partial charge in [-0.25, -0.2) is 0 Å². The summed E-state index contributed by atoms with van der Waals surface area (Å²) in [6, 6.07) is 13.9. The van der Waals surface area contributed by atoms with Gasteiger partial charge in [0.25, 0.3) is 0 Å². The van der Waals surface area contributed by atoms with Crippen LogP contribution in [0.1, 0.15) is 32.8 Å². The average Bonchev–Trinajstić information content (AvgIpc) is 2.68. The van der Waals surface area contributed by atoms with Crippen molar-refractivity contribution in [2.75, 3.05) is 6.54 Å². The van der Waals surface area contributed by atoms with E-state index in [-0.39, 0.29) is 23.9 Å². The van der Waals surface area contributed by atoms with Crippen LogP contribution in [0.3, 0.4) is 0 Å². The number of hydrogen-bond acceptors (Lipinski definition) is 3. The van der Waals surface area contributed by atoms with E-state index in [9.17, 15) is 14.4 Å². The molecule has 1 amide bonds. The molecular weight excluding hydrogens is 338 g/mol. The molecule has 0 atom stereocenters. The molecule has 3 rings (SSSR count). The number of rotatable bonds is 5. The van der Waals surface area contributed by atoms with Gasteiger partial charge in [0, 0.05) is 28.8 Å². The van der Waals surface area contributed by atoms with Crippen molar-refractivity contribution in [2.24, 2.45) is 0 Å². The summed E-state index contributed by atoms with van der Waals surface area (Å²) in [5, 5.41) is 5.04. The summed E-state index contributed by atoms with van der Waals surface area (Å²) in [6.45, 7) is 5.38. The van der Waals surface area contributed by atoms with Gasteiger partial charge >= 0.3 is 0 Å². The Morgan fingerprint density at radius 1 is 0.852 bits per heavy atom. The van der Waals surface area contributed by atoms with Gasteiger partial charge in [-0.2, -0.15) is 0 Å². The third-order valence-corrected chi connectivity index (χ3v) is 5.24. The fourth-order valence-corrected chi connectivity index (χ4v) is 3.47. The number of carbonyl (C=O) groups excluding carboxylic acids is 3. The van der Waals surface area contributed by atoms with Crippen LogP contribution in [0, 0.1) is 0 Å². The zero-order chi connectivity index (χ0) is 19.6. The van der Waals surface area contributed by atoms with Gasteiger partial charge < -0.3 is 5.32 Å². The van der Waals surface area contributed by atoms with Gasteiger partial charge in [0.05, 0.1) is 6.42 Å². The largest absolute Gasteiger partial charge is 0.355 e. The van der Waals surface area contributed by atoms with E-state index in [1.54, 1.807) is 20.8 Å². The molecule has 0 fully saturated rings. The van der Waals surface area contributed by atoms with E-state index in [1.165, 1.54) is 0 Å². The van der Waals surface area contributed by atoms with Crippen LogP contribution in [-0.2, 0) is 20.8 Å². The van der Waals surface area contributed by atoms with Gasteiger partial charge in [0.1, 0.15) is 0 Å². The van der Waals surface area contributed by atoms with E-state index in [0.29, 0.717) is 35.3 Å². The minimum absolute atomic E-state index is 0.0795. The Bertz CT molecular complexity index is 1010. The maximum absolute atomic E-state index is 12.4. The zero-order valence-electron chi connectivity index (χ0n) is 15.9. The van der Waals surface area contributed by atoms with Gasteiger partial charge in [-0.05, 0) is 43.5 Å². The van der Waals surface area contributed by atoms with Crippen molar-refractivity contribution in [3.05, 3.63) is 70.3 Å². The molecule has 1 aliphatic carbocycles. The summed E-state index contributed by atoms with van der Waals surface area (Å²) in [5.41, 5.74) is 2.99. The molecule has 2 aromatic carbocycles. The van der Waals surface area contributed by atoms with Gasteiger partial charge in [-0.3, -0.25) is 14.4 Å². The van der Waals surface area contributed by atoms with Gasteiger partial charge in [0.15, 0.2) is 11.6 Å². The van der Waals surface area contributed by atoms with E-state index in [2.05, 4.69) is 5.32 Å². The minimum Gasteiger partial charge on any atom is -0.355 e. The predicted molar refractivity (Wildman–Crippen MR) is 106 cm³/mol. The van der Waals surface area contributed by atoms with E-state index < -0.39 is 0 Å². The standard InChI is InChI=1S/C23H23NO3/c1-14-15(2)23(27)19(16(3)22(14)26)11-12-24-21(25)13-18-9-6-8-17-7-4-5-10-20(17)18/h4-10H,11-13H2,1-3H3,(H,24,25). The van der Waals surface area contributed by atoms with Crippen LogP contribution in [0.25, 0.3) is 10.8 Å². The van der Waals surface area contributed by atoms with Gasteiger partial charge in [0.2, 0.25) is 5.91 Å². The molecule has 0 spiro atoms. The molecule has 0 saturated carbocycles. The molecule has 0 aliphatic heterocycles. The Balaban J connectivity index is 1.63. The number of allylic oxidation sites excluding steroid dienone is 3. The molecule has 0 radical (unpaired) electrons. The third kappa shape index (κ3) is 3.75. The Morgan fingerprint density at radius 3 is 2.30 bits per heavy atom. The molecule has 0 unspecified atom stereocenters. The number of Topliss-reactive ketones (excluding diaryl/α,β-unsaturated/α-hetero) is 2. The van der Waals surface area contributed by atoms with Crippen LogP contribution >= 0.6 is 0 Å². The SMILES string of the molecule is CC1=C(C)C(=O)C(CCNC(=O)Cc2cccc3ccccc23)=C(C)C1=O. The topological polar surface area (TPSA) is 63.2 Å². The second kappa shape index (κ2) is 7.70. The molecule has 0 aromatic heterocycles. The first-order chi connectivity index (χ1) is 12.9. The van der Waals surface area contributed by atoms with Crippen LogP contribution in [0.5, 0.6) is 0 Å². The Hall–Kier alpha value is -3.01. The van der Waals surface area contributed by atoms with E-state index in [1.807, 2.05) is 42.5 Å². The van der Waals surface area contributed by atoms with Crippen LogP contribution in [0.2, 0.25) is 0 Å². The van der Waals surface area contributed by atoms with Crippen molar-refractivity contribution in [2.45, 2.75) is 33.6 Å². The molecular formula is C23H23NO3. The summed E-state index contributed by atoms with van der Waals surface area (Å²) < 4.78 is 0. The van der Waals surface area contributed by atoms with Crippen molar-refractivity contribution in [1.82, 2.24) is 5.32 Å². The molecule has 0 saturated heterocycles. The zero-order valence-corrected chi connectivity index (χ0v) is 15.9. The summed E-state index contributed by atoms with van der Waals surface area (Å²) in [6.07, 6.45) is 0.645. The van der Waals surface area contributed by atoms with Crippen molar-refractivity contribution in [3.63, 3.8) is 0 Å². The van der Waals surface area contributed by atoms with E-state index in [4.69, 9.17) is 0 Å². The van der Waals surface area contributed by atoms with Crippen molar-refractivity contribution in [1.29, 1.82) is 0 Å². The Kier molecular flexibility index (Phi) is 5.36. The average molecular weight is 361 g/mol. The molecule has 4 nitrogen and oxygen atoms in total. The first-order valence-electron chi connectivity index (χ1n) is 9.10. The first-order valence-corrected chi connectivity index (χ1v) is 9.10. The molecule has 0 bridgehead atoms. The Labute approximate surface area is 159 Å². The fourth-order valence-electron chi connectivity index (χ4n) is 3.47. The van der Waals surface area contributed by atoms with Crippen LogP contribution in [0.4, 0.5) is 0 Å². The Morgan fingerprint density at radius 2 is 1.52 bits per heavy atom. The fraction of sp³-hybridized carbons (Fsp3) is 0.261. The highest BCUT2D eigenvalue weighted by Crippen LogP contribution is 2.25. The normalized spacial score (nSPS) is 14.9. The van der Waals surface area contributed by atoms with Crippen LogP contribution in [-0.4, -0.2) is 24.0 Å². The summed E-state index contributed by atoms with van der Waals surface area (Å²) >= 11 is 0. The molecule has 138 valence electrons. The highest BCUT2D eigenvalue weighted by Gasteiger charge is 2.27. The monoisotopic (exact) mass is 361 g/mol. The second-order valence-electron chi connectivity index (χ2n) is 6.93. The predicted octanol–water partition coefficient (Wildman–Crippen LogP) is 3.69. The lowest BCUT2D eigenvalue weighted by Crippen LogP contribution is -2.29. The highest BCUT2D eigenvalue weighted by molar-refractivity contribution is 6.24. The number of ketones is 2. The number of hydrogen-bond donors (Lipinski definition) is 1. The quantitative estimate of drug-likeness (QED) is 0.826. The lowest BCUT2D eigenvalue weighted by molar-refractivity contribution is -0.120. The number of amides is 1. The van der Waals surface area contributed by atoms with Crippen LogP contribution < -0.4 is 5.32 Å². The summed E-state index contributed by atoms with van der Waals surface area (Å²) in [5.74, 6) is -0.264. The van der Waals surface area contributed by atoms with E-state index >= 15 is 0 Å². The minimum atomic E-state index is -0.0948. The molecule has 4 heteroatoms. The molecule has 0 heterocycles. The second-order valence-corrected chi connectivity index (χ2v) is 6.93. The number of nitrogens with one attached hydrogen (secondary N) is 1. The lowest BCUT2D eigenvalue weighted by Gasteiger charge is -2.18. The third-order valence-electron chi connectivity index (χ3n) is 5.24.